The zero-order valence-corrected chi connectivity index (χ0v) is 21.2. The number of nitrogens with one attached hydrogen (secondary N) is 1. The zero-order chi connectivity index (χ0) is 27.9. The van der Waals surface area contributed by atoms with E-state index in [2.05, 4.69) is 10.1 Å². The summed E-state index contributed by atoms with van der Waals surface area (Å²) in [7, 11) is 4.80. The highest BCUT2D eigenvalue weighted by Gasteiger charge is 2.32. The summed E-state index contributed by atoms with van der Waals surface area (Å²) in [6.45, 7) is 0.847. The molecule has 0 fully saturated rings. The highest BCUT2D eigenvalue weighted by molar-refractivity contribution is 6.00. The molecule has 0 radical (unpaired) electrons. The van der Waals surface area contributed by atoms with E-state index in [0.717, 1.165) is 18.0 Å². The lowest BCUT2D eigenvalue weighted by Crippen LogP contribution is -2.18. The molecular formula is C27H24F3N5O4. The van der Waals surface area contributed by atoms with Crippen LogP contribution in [0.4, 0.5) is 13.2 Å². The van der Waals surface area contributed by atoms with Crippen LogP contribution in [0.25, 0.3) is 44.4 Å². The van der Waals surface area contributed by atoms with Crippen LogP contribution in [0, 0.1) is 0 Å². The SMILES string of the molecule is COCCOc1ccc(-c2cn(C)c(=O)cc2-c2cn(C)c(=O)c3[nH]c(-c4cnn(C(F)(F)F)c4)cc23)cc1. The molecule has 39 heavy (non-hydrogen) atoms. The number of methoxy groups -OCH3 is 1. The minimum Gasteiger partial charge on any atom is -0.491 e. The van der Waals surface area contributed by atoms with Crippen LogP contribution in [0.15, 0.2) is 70.8 Å². The maximum Gasteiger partial charge on any atom is 0.504 e. The van der Waals surface area contributed by atoms with E-state index in [1.807, 2.05) is 24.3 Å². The van der Waals surface area contributed by atoms with Crippen LogP contribution >= 0.6 is 0 Å². The van der Waals surface area contributed by atoms with E-state index in [1.54, 1.807) is 39.7 Å². The van der Waals surface area contributed by atoms with E-state index in [-0.39, 0.29) is 32.6 Å². The molecule has 0 saturated carbocycles. The van der Waals surface area contributed by atoms with Crippen molar-refractivity contribution in [2.75, 3.05) is 20.3 Å². The predicted molar refractivity (Wildman–Crippen MR) is 140 cm³/mol. The van der Waals surface area contributed by atoms with Crippen molar-refractivity contribution in [3.8, 4) is 39.3 Å². The molecule has 0 aliphatic rings. The zero-order valence-electron chi connectivity index (χ0n) is 21.2. The summed E-state index contributed by atoms with van der Waals surface area (Å²) >= 11 is 0. The minimum atomic E-state index is -4.67. The normalized spacial score (nSPS) is 11.8. The molecule has 0 aliphatic heterocycles. The van der Waals surface area contributed by atoms with Gasteiger partial charge in [0.05, 0.1) is 12.8 Å². The van der Waals surface area contributed by atoms with E-state index in [9.17, 15) is 22.8 Å². The third-order valence-electron chi connectivity index (χ3n) is 6.36. The molecule has 0 unspecified atom stereocenters. The van der Waals surface area contributed by atoms with Gasteiger partial charge >= 0.3 is 6.30 Å². The van der Waals surface area contributed by atoms with Crippen LogP contribution in [0.1, 0.15) is 0 Å². The number of hydrogen-bond donors (Lipinski definition) is 1. The second-order valence-corrected chi connectivity index (χ2v) is 8.99. The molecule has 202 valence electrons. The molecule has 1 aromatic carbocycles. The molecule has 9 nitrogen and oxygen atoms in total. The third kappa shape index (κ3) is 4.98. The summed E-state index contributed by atoms with van der Waals surface area (Å²) < 4.78 is 52.7. The summed E-state index contributed by atoms with van der Waals surface area (Å²) in [4.78, 5) is 28.7. The molecule has 0 bridgehead atoms. The summed E-state index contributed by atoms with van der Waals surface area (Å²) in [6, 6.07) is 10.4. The third-order valence-corrected chi connectivity index (χ3v) is 6.36. The smallest absolute Gasteiger partial charge is 0.491 e. The van der Waals surface area contributed by atoms with Crippen LogP contribution in [-0.2, 0) is 25.1 Å². The molecule has 0 atom stereocenters. The van der Waals surface area contributed by atoms with Crippen molar-refractivity contribution in [2.45, 2.75) is 6.30 Å². The average molecular weight is 540 g/mol. The van der Waals surface area contributed by atoms with Crippen molar-refractivity contribution < 1.29 is 22.6 Å². The van der Waals surface area contributed by atoms with Gasteiger partial charge in [-0.25, -0.2) is 0 Å². The number of hydrogen-bond acceptors (Lipinski definition) is 5. The highest BCUT2D eigenvalue weighted by atomic mass is 19.4. The molecule has 12 heteroatoms. The molecular weight excluding hydrogens is 515 g/mol. The Bertz CT molecular complexity index is 1780. The van der Waals surface area contributed by atoms with Gasteiger partial charge in [-0.3, -0.25) is 9.59 Å². The van der Waals surface area contributed by atoms with E-state index in [1.165, 1.54) is 15.2 Å². The molecule has 5 aromatic rings. The van der Waals surface area contributed by atoms with Gasteiger partial charge in [0.1, 0.15) is 17.9 Å². The first-order valence-electron chi connectivity index (χ1n) is 11.8. The average Bonchev–Trinajstić information content (AvgIpc) is 3.57. The lowest BCUT2D eigenvalue weighted by Gasteiger charge is -2.14. The molecule has 0 amide bonds. The van der Waals surface area contributed by atoms with Crippen molar-refractivity contribution in [1.29, 1.82) is 0 Å². The summed E-state index contributed by atoms with van der Waals surface area (Å²) in [5, 5.41) is 3.85. The Balaban J connectivity index is 1.67. The van der Waals surface area contributed by atoms with Crippen LogP contribution in [0.3, 0.4) is 0 Å². The van der Waals surface area contributed by atoms with Crippen LogP contribution < -0.4 is 15.9 Å². The van der Waals surface area contributed by atoms with Crippen molar-refractivity contribution in [2.24, 2.45) is 14.1 Å². The van der Waals surface area contributed by atoms with Gasteiger partial charge in [0, 0.05) is 73.6 Å². The molecule has 0 spiro atoms. The topological polar surface area (TPSA) is 96.1 Å². The number of rotatable bonds is 7. The quantitative estimate of drug-likeness (QED) is 0.312. The summed E-state index contributed by atoms with van der Waals surface area (Å²) in [5.41, 5.74) is 2.63. The van der Waals surface area contributed by atoms with Gasteiger partial charge in [0.2, 0.25) is 0 Å². The van der Waals surface area contributed by atoms with Crippen molar-refractivity contribution in [3.05, 3.63) is 81.9 Å². The van der Waals surface area contributed by atoms with Crippen molar-refractivity contribution in [1.82, 2.24) is 23.9 Å². The standard InChI is InChI=1S/C27H24F3N5O4/c1-33-14-21(16-4-6-18(7-5-16)39-9-8-38-3)19(11-24(33)36)22-15-34(2)26(37)25-20(22)10-23(32-25)17-12-31-35(13-17)27(28,29)30/h4-7,10-15,32H,8-9H2,1-3H3. The van der Waals surface area contributed by atoms with Gasteiger partial charge in [-0.05, 0) is 29.3 Å². The van der Waals surface area contributed by atoms with E-state index in [0.29, 0.717) is 41.0 Å². The number of ether oxygens (including phenoxy) is 2. The van der Waals surface area contributed by atoms with Crippen molar-refractivity contribution >= 4 is 10.9 Å². The molecule has 5 rings (SSSR count). The number of benzene rings is 1. The highest BCUT2D eigenvalue weighted by Crippen LogP contribution is 2.37. The largest absolute Gasteiger partial charge is 0.504 e. The van der Waals surface area contributed by atoms with Gasteiger partial charge in [0.25, 0.3) is 11.1 Å². The Morgan fingerprint density at radius 2 is 1.62 bits per heavy atom. The number of fused-ring (bicyclic) bond motifs is 1. The van der Waals surface area contributed by atoms with Crippen LogP contribution in [-0.4, -0.2) is 44.2 Å². The fraction of sp³-hybridized carbons (Fsp3) is 0.222. The lowest BCUT2D eigenvalue weighted by atomic mass is 9.95. The monoisotopic (exact) mass is 539 g/mol. The number of aryl methyl sites for hydroxylation is 2. The number of aromatic amines is 1. The number of H-pyrrole nitrogens is 1. The predicted octanol–water partition coefficient (Wildman–Crippen LogP) is 4.26. The number of halogens is 3. The first-order chi connectivity index (χ1) is 18.6. The van der Waals surface area contributed by atoms with Gasteiger partial charge in [-0.15, -0.1) is 13.2 Å². The fourth-order valence-corrected chi connectivity index (χ4v) is 4.36. The van der Waals surface area contributed by atoms with E-state index < -0.39 is 6.30 Å². The van der Waals surface area contributed by atoms with Gasteiger partial charge in [0.15, 0.2) is 0 Å². The Kier molecular flexibility index (Phi) is 6.64. The van der Waals surface area contributed by atoms with Gasteiger partial charge in [-0.1, -0.05) is 12.1 Å². The molecule has 0 aliphatic carbocycles. The fourth-order valence-electron chi connectivity index (χ4n) is 4.36. The summed E-state index contributed by atoms with van der Waals surface area (Å²) in [6.07, 6.45) is 0.560. The number of aromatic nitrogens is 5. The first-order valence-corrected chi connectivity index (χ1v) is 11.8. The second-order valence-electron chi connectivity index (χ2n) is 8.99. The first kappa shape index (κ1) is 26.0. The Hall–Kier alpha value is -4.58. The van der Waals surface area contributed by atoms with E-state index in [4.69, 9.17) is 9.47 Å². The Labute approximate surface area is 219 Å². The molecule has 4 heterocycles. The number of alkyl halides is 3. The Morgan fingerprint density at radius 1 is 0.897 bits per heavy atom. The maximum absolute atomic E-state index is 13.1. The number of pyridine rings is 2. The van der Waals surface area contributed by atoms with Crippen LogP contribution in [0.2, 0.25) is 0 Å². The van der Waals surface area contributed by atoms with Crippen LogP contribution in [0.5, 0.6) is 5.75 Å². The number of nitrogens with zero attached hydrogens (tertiary/aromatic N) is 4. The maximum atomic E-state index is 13.1. The second kappa shape index (κ2) is 9.95. The van der Waals surface area contributed by atoms with Gasteiger partial charge < -0.3 is 23.6 Å². The van der Waals surface area contributed by atoms with E-state index >= 15 is 0 Å². The summed E-state index contributed by atoms with van der Waals surface area (Å²) in [5.74, 6) is 0.654. The van der Waals surface area contributed by atoms with Gasteiger partial charge in [-0.2, -0.15) is 9.78 Å². The molecule has 0 saturated heterocycles. The van der Waals surface area contributed by atoms with Crippen molar-refractivity contribution in [3.63, 3.8) is 0 Å². The molecule has 4 aromatic heterocycles. The lowest BCUT2D eigenvalue weighted by molar-refractivity contribution is -0.212. The Morgan fingerprint density at radius 3 is 2.28 bits per heavy atom. The molecule has 1 N–H and O–H groups in total. The minimum absolute atomic E-state index is 0.103.